The van der Waals surface area contributed by atoms with Gasteiger partial charge >= 0.3 is 11.9 Å². The molecule has 318 valence electrons. The fourth-order valence-corrected chi connectivity index (χ4v) is 14.0. The van der Waals surface area contributed by atoms with Crippen LogP contribution in [0.15, 0.2) is 35.4 Å². The van der Waals surface area contributed by atoms with Crippen LogP contribution in [-0.2, 0) is 25.7 Å². The predicted molar refractivity (Wildman–Crippen MR) is 227 cm³/mol. The lowest BCUT2D eigenvalue weighted by Gasteiger charge is -2.72. The molecule has 0 radical (unpaired) electrons. The lowest BCUT2D eigenvalue weighted by Crippen LogP contribution is -2.66. The Kier molecular flexibility index (Phi) is 12.2. The minimum Gasteiger partial charge on any atom is -0.481 e. The van der Waals surface area contributed by atoms with Gasteiger partial charge in [-0.25, -0.2) is 0 Å². The number of carbonyl (C=O) groups excluding carboxylic acids is 2. The fourth-order valence-electron chi connectivity index (χ4n) is 13.8. The van der Waals surface area contributed by atoms with Gasteiger partial charge in [0.2, 0.25) is 0 Å². The largest absolute Gasteiger partial charge is 0.481 e. The van der Waals surface area contributed by atoms with Crippen LogP contribution in [0, 0.1) is 56.2 Å². The van der Waals surface area contributed by atoms with E-state index in [1.54, 1.807) is 13.8 Å². The van der Waals surface area contributed by atoms with Crippen molar-refractivity contribution in [3.05, 3.63) is 46.0 Å². The molecule has 4 fully saturated rings. The molecule has 2 unspecified atom stereocenters. The molecule has 8 nitrogen and oxygen atoms in total. The van der Waals surface area contributed by atoms with Crippen LogP contribution < -0.4 is 0 Å². The number of hydrogen-bond donors (Lipinski definition) is 2. The number of halogens is 1. The summed E-state index contributed by atoms with van der Waals surface area (Å²) in [4.78, 5) is 43.8. The van der Waals surface area contributed by atoms with Crippen LogP contribution in [0.25, 0.3) is 0 Å². The molecule has 1 aromatic rings. The molecule has 0 amide bonds. The number of benzene rings is 1. The van der Waals surface area contributed by atoms with Crippen molar-refractivity contribution < 1.29 is 29.3 Å². The molecule has 0 saturated heterocycles. The Morgan fingerprint density at radius 1 is 0.947 bits per heavy atom. The molecule has 2 N–H and O–H groups in total. The van der Waals surface area contributed by atoms with Crippen LogP contribution in [0.2, 0.25) is 5.02 Å². The highest BCUT2D eigenvalue weighted by molar-refractivity contribution is 6.30. The zero-order valence-electron chi connectivity index (χ0n) is 37.0. The highest BCUT2D eigenvalue weighted by Crippen LogP contribution is 2.77. The fraction of sp³-hybridized carbons (Fsp3) is 0.771. The van der Waals surface area contributed by atoms with Crippen LogP contribution >= 0.6 is 11.6 Å². The molecular weight excluding hydrogens is 736 g/mol. The van der Waals surface area contributed by atoms with E-state index in [2.05, 4.69) is 78.4 Å². The minimum absolute atomic E-state index is 0.0333. The normalized spacial score (nSPS) is 35.5. The second-order valence-electron chi connectivity index (χ2n) is 21.7. The summed E-state index contributed by atoms with van der Waals surface area (Å²) in [6.07, 6.45) is 7.11. The van der Waals surface area contributed by atoms with Gasteiger partial charge in [-0.3, -0.25) is 19.3 Å². The molecule has 0 bridgehead atoms. The zero-order valence-corrected chi connectivity index (χ0v) is 37.7. The van der Waals surface area contributed by atoms with Gasteiger partial charge in [-0.05, 0) is 142 Å². The van der Waals surface area contributed by atoms with Crippen LogP contribution in [0.5, 0.6) is 0 Å². The third-order valence-electron chi connectivity index (χ3n) is 17.1. The summed E-state index contributed by atoms with van der Waals surface area (Å²) in [6.45, 7) is 22.6. The number of fused-ring (bicyclic) bond motifs is 7. The maximum atomic E-state index is 14.3. The second-order valence-corrected chi connectivity index (χ2v) is 22.2. The number of aliphatic hydroxyl groups excluding tert-OH is 1. The topological polar surface area (TPSA) is 107 Å². The number of allylic oxidation sites excluding steroid dienone is 1. The van der Waals surface area contributed by atoms with Crippen LogP contribution in [-0.4, -0.2) is 83.7 Å². The number of likely N-dealkylation sites (N-methyl/N-ethyl adjacent to an activating group) is 1. The maximum absolute atomic E-state index is 14.3. The molecule has 0 aromatic heterocycles. The summed E-state index contributed by atoms with van der Waals surface area (Å²) in [5.41, 5.74) is 1.48. The third-order valence-corrected chi connectivity index (χ3v) is 17.3. The Balaban J connectivity index is 1.29. The summed E-state index contributed by atoms with van der Waals surface area (Å²) in [6, 6.07) is 8.00. The van der Waals surface area contributed by atoms with Gasteiger partial charge in [0.15, 0.2) is 5.78 Å². The van der Waals surface area contributed by atoms with Gasteiger partial charge in [-0.15, -0.1) is 0 Å². The molecule has 5 aliphatic rings. The van der Waals surface area contributed by atoms with Gasteiger partial charge in [0.25, 0.3) is 0 Å². The number of carboxylic acids is 1. The van der Waals surface area contributed by atoms with Gasteiger partial charge < -0.3 is 19.8 Å². The zero-order chi connectivity index (χ0) is 42.1. The number of carboxylic acid groups (broad SMARTS) is 1. The first kappa shape index (κ1) is 44.3. The number of hydrogen-bond acceptors (Lipinski definition) is 7. The van der Waals surface area contributed by atoms with Crippen molar-refractivity contribution in [2.24, 2.45) is 56.2 Å². The van der Waals surface area contributed by atoms with Gasteiger partial charge in [0, 0.05) is 48.5 Å². The smallest absolute Gasteiger partial charge is 0.309 e. The first-order valence-electron chi connectivity index (χ1n) is 21.9. The molecule has 57 heavy (non-hydrogen) atoms. The molecule has 0 aliphatic heterocycles. The van der Waals surface area contributed by atoms with E-state index in [-0.39, 0.29) is 51.8 Å². The number of nitrogens with zero attached hydrogens (tertiary/aromatic N) is 2. The number of ether oxygens (including phenoxy) is 1. The van der Waals surface area contributed by atoms with Crippen molar-refractivity contribution in [3.8, 4) is 0 Å². The number of aliphatic carboxylic acids is 1. The van der Waals surface area contributed by atoms with Gasteiger partial charge in [0.1, 0.15) is 6.10 Å². The second kappa shape index (κ2) is 15.6. The van der Waals surface area contributed by atoms with Crippen molar-refractivity contribution in [3.63, 3.8) is 0 Å². The monoisotopic (exact) mass is 809 g/mol. The van der Waals surface area contributed by atoms with Crippen molar-refractivity contribution in [2.75, 3.05) is 33.7 Å². The molecule has 6 rings (SSSR count). The molecular formula is C48H73ClN2O6. The van der Waals surface area contributed by atoms with E-state index in [4.69, 9.17) is 16.3 Å². The minimum atomic E-state index is -1.17. The van der Waals surface area contributed by atoms with Gasteiger partial charge in [-0.2, -0.15) is 0 Å². The van der Waals surface area contributed by atoms with E-state index < -0.39 is 28.9 Å². The van der Waals surface area contributed by atoms with E-state index in [0.717, 1.165) is 75.6 Å². The number of rotatable bonds is 13. The van der Waals surface area contributed by atoms with E-state index in [1.807, 2.05) is 18.2 Å². The summed E-state index contributed by atoms with van der Waals surface area (Å²) in [5.74, 6) is -0.00895. The standard InChI is InChI=1S/C48H73ClN2O6/c1-30(2)40-34(52)26-48(37(53)29-51(24-23-50(10)11)28-31-13-12-14-32(49)25-31)22-21-46(8)33(41(40)48)15-16-36-45(7)19-18-38(57-39(54)27-43(3,4)42(55)56)44(5,6)35(45)17-20-47(36,46)9/h12-14,25,30,33,35-38,53H,15-24,26-29H2,1-11H3,(H,55,56)/t33-,35+,36?,37+,38+,45+,46-,47-,48?/m1/s1. The summed E-state index contributed by atoms with van der Waals surface area (Å²) >= 11 is 6.41. The van der Waals surface area contributed by atoms with E-state index in [9.17, 15) is 24.6 Å². The number of carbonyl (C=O) groups is 3. The molecule has 0 spiro atoms. The first-order valence-corrected chi connectivity index (χ1v) is 22.3. The lowest BCUT2D eigenvalue weighted by atomic mass is 9.33. The highest BCUT2D eigenvalue weighted by atomic mass is 35.5. The number of esters is 1. The average Bonchev–Trinajstić information content (AvgIpc) is 3.42. The lowest BCUT2D eigenvalue weighted by molar-refractivity contribution is -0.235. The quantitative estimate of drug-likeness (QED) is 0.190. The summed E-state index contributed by atoms with van der Waals surface area (Å²) in [7, 11) is 4.16. The Labute approximate surface area is 348 Å². The number of ketones is 1. The van der Waals surface area contributed by atoms with Crippen molar-refractivity contribution in [2.45, 2.75) is 145 Å². The first-order chi connectivity index (χ1) is 26.4. The van der Waals surface area contributed by atoms with Crippen molar-refractivity contribution in [1.82, 2.24) is 9.80 Å². The Bertz CT molecular complexity index is 1750. The average molecular weight is 810 g/mol. The van der Waals surface area contributed by atoms with Crippen molar-refractivity contribution in [1.29, 1.82) is 0 Å². The SMILES string of the molecule is CC(C)C1=C2[C@H]3CCC4[C@@]5(C)CC[C@H](OC(=O)CC(C)(C)C(=O)O)C(C)(C)[C@@H]5CC[C@@]4(C)[C@]3(C)CCC2([C@@H](O)CN(CCN(C)C)Cc2cccc(Cl)c2)CC1=O. The van der Waals surface area contributed by atoms with Crippen LogP contribution in [0.4, 0.5) is 0 Å². The molecule has 5 aliphatic carbocycles. The van der Waals surface area contributed by atoms with E-state index >= 15 is 0 Å². The molecule has 4 saturated carbocycles. The highest BCUT2D eigenvalue weighted by Gasteiger charge is 2.71. The molecule has 9 heteroatoms. The summed E-state index contributed by atoms with van der Waals surface area (Å²) < 4.78 is 6.20. The number of aliphatic hydroxyl groups is 1. The Hall–Kier alpha value is -2.26. The van der Waals surface area contributed by atoms with Gasteiger partial charge in [-0.1, -0.05) is 77.8 Å². The van der Waals surface area contributed by atoms with E-state index in [1.165, 1.54) is 5.57 Å². The molecule has 9 atom stereocenters. The predicted octanol–water partition coefficient (Wildman–Crippen LogP) is 9.46. The summed E-state index contributed by atoms with van der Waals surface area (Å²) in [5, 5.41) is 23.1. The van der Waals surface area contributed by atoms with Gasteiger partial charge in [0.05, 0.1) is 17.9 Å². The van der Waals surface area contributed by atoms with Crippen LogP contribution in [0.3, 0.4) is 0 Å². The third kappa shape index (κ3) is 7.58. The van der Waals surface area contributed by atoms with Crippen molar-refractivity contribution >= 4 is 29.3 Å². The maximum Gasteiger partial charge on any atom is 0.309 e. The Morgan fingerprint density at radius 3 is 2.28 bits per heavy atom. The van der Waals surface area contributed by atoms with Crippen LogP contribution in [0.1, 0.15) is 132 Å². The number of Topliss-reactive ketones (excluding diaryl/α,β-unsaturated/α-hetero) is 1. The van der Waals surface area contributed by atoms with E-state index in [0.29, 0.717) is 36.4 Å². The Morgan fingerprint density at radius 2 is 1.65 bits per heavy atom. The molecule has 0 heterocycles. The molecule has 1 aromatic carbocycles.